The van der Waals surface area contributed by atoms with E-state index in [1.807, 2.05) is 0 Å². The molecule has 0 aliphatic heterocycles. The number of anilines is 2. The van der Waals surface area contributed by atoms with Crippen LogP contribution in [0.4, 0.5) is 22.7 Å². The number of unbranched alkanes of at least 4 members (excludes halogenated alkanes) is 12. The Balaban J connectivity index is 0.00000900. The molecule has 310 valence electrons. The summed E-state index contributed by atoms with van der Waals surface area (Å²) in [5, 5.41) is 45.4. The zero-order valence-corrected chi connectivity index (χ0v) is 37.3. The van der Waals surface area contributed by atoms with Crippen molar-refractivity contribution < 1.29 is 80.6 Å². The van der Waals surface area contributed by atoms with E-state index in [1.165, 1.54) is 119 Å². The molecule has 0 fully saturated rings. The van der Waals surface area contributed by atoms with Gasteiger partial charge in [0.05, 0.1) is 34.0 Å². The Hall–Kier alpha value is -3.30. The summed E-state index contributed by atoms with van der Waals surface area (Å²) >= 11 is 0.435. The summed E-state index contributed by atoms with van der Waals surface area (Å²) in [5.41, 5.74) is 0.151. The number of amides is 1. The normalized spacial score (nSPS) is 11.9. The first-order chi connectivity index (χ1) is 27.2. The van der Waals surface area contributed by atoms with Crippen LogP contribution in [0.5, 0.6) is 11.5 Å². The van der Waals surface area contributed by atoms with Gasteiger partial charge < -0.3 is 20.8 Å². The van der Waals surface area contributed by atoms with E-state index in [1.54, 1.807) is 0 Å². The van der Waals surface area contributed by atoms with Gasteiger partial charge in [-0.3, -0.25) is 19.1 Å². The fourth-order valence-electron chi connectivity index (χ4n) is 6.39. The number of phenols is 2. The van der Waals surface area contributed by atoms with Gasteiger partial charge in [-0.05, 0) is 78.4 Å². The van der Waals surface area contributed by atoms with Crippen LogP contribution in [0, 0.1) is 0 Å². The fraction of sp³-hybridized carbons (Fsp3) is 0.410. The molecule has 0 heterocycles. The minimum atomic E-state index is -5.05. The predicted octanol–water partition coefficient (Wildman–Crippen LogP) is 6.54. The quantitative estimate of drug-likeness (QED) is 0.00738. The maximum Gasteiger partial charge on any atom is 1.00 e. The molecule has 15 nitrogen and oxygen atoms in total. The average Bonchev–Trinajstić information content (AvgIpc) is 3.15. The third kappa shape index (κ3) is 15.1. The second-order valence-corrected chi connectivity index (χ2v) is 17.5. The number of sulfonamides is 1. The van der Waals surface area contributed by atoms with Gasteiger partial charge in [0.25, 0.3) is 20.1 Å². The summed E-state index contributed by atoms with van der Waals surface area (Å²) in [6, 6.07) is 13.3. The number of aryl methyl sites for hydroxylation is 1. The molecule has 4 rings (SSSR count). The third-order valence-electron chi connectivity index (χ3n) is 9.15. The SMILES string of the molecule is CCCCCCCCCCCCCCCc1cc(O)ccc1NS(=O)(=O)c1cccc(N=Nc2c(S(=O)(=O)O)cc3cc(SOO[O-])cc(NC(C)=O)c3c2O)c1.[Na+]. The van der Waals surface area contributed by atoms with Gasteiger partial charge in [0.1, 0.15) is 16.3 Å². The second-order valence-electron chi connectivity index (χ2n) is 13.7. The maximum absolute atomic E-state index is 13.6. The smallest absolute Gasteiger partial charge is 0.691 e. The van der Waals surface area contributed by atoms with Gasteiger partial charge >= 0.3 is 29.6 Å². The van der Waals surface area contributed by atoms with Crippen molar-refractivity contribution in [3.8, 4) is 11.5 Å². The monoisotopic (exact) mass is 868 g/mol. The van der Waals surface area contributed by atoms with Crippen molar-refractivity contribution in [3.63, 3.8) is 0 Å². The van der Waals surface area contributed by atoms with Crippen LogP contribution in [0.2, 0.25) is 0 Å². The predicted molar refractivity (Wildman–Crippen MR) is 217 cm³/mol. The molecule has 58 heavy (non-hydrogen) atoms. The second kappa shape index (κ2) is 24.1. The molecule has 0 bridgehead atoms. The van der Waals surface area contributed by atoms with E-state index in [-0.39, 0.29) is 67.2 Å². The van der Waals surface area contributed by atoms with Crippen molar-refractivity contribution in [2.75, 3.05) is 10.0 Å². The van der Waals surface area contributed by atoms with Crippen molar-refractivity contribution in [3.05, 3.63) is 66.2 Å². The third-order valence-corrected chi connectivity index (χ3v) is 11.9. The van der Waals surface area contributed by atoms with Crippen LogP contribution in [0.15, 0.2) is 85.6 Å². The first-order valence-corrected chi connectivity index (χ1v) is 22.5. The molecule has 0 aliphatic carbocycles. The van der Waals surface area contributed by atoms with Gasteiger partial charge in [-0.25, -0.2) is 8.42 Å². The Morgan fingerprint density at radius 1 is 0.810 bits per heavy atom. The summed E-state index contributed by atoms with van der Waals surface area (Å²) in [5.74, 6) is -1.34. The number of nitrogens with one attached hydrogen (secondary N) is 2. The fourth-order valence-corrected chi connectivity index (χ4v) is 8.63. The summed E-state index contributed by atoms with van der Waals surface area (Å²) in [4.78, 5) is 11.1. The molecular weight excluding hydrogens is 820 g/mol. The molecule has 0 radical (unpaired) electrons. The van der Waals surface area contributed by atoms with E-state index in [4.69, 9.17) is 0 Å². The van der Waals surface area contributed by atoms with Crippen LogP contribution < -0.4 is 44.9 Å². The number of azo groups is 1. The van der Waals surface area contributed by atoms with Crippen molar-refractivity contribution >= 4 is 71.6 Å². The van der Waals surface area contributed by atoms with Crippen molar-refractivity contribution in [1.82, 2.24) is 0 Å². The molecule has 0 spiro atoms. The molecule has 1 amide bonds. The molecule has 5 N–H and O–H groups in total. The topological polar surface area (TPSA) is 236 Å². The van der Waals surface area contributed by atoms with Gasteiger partial charge in [-0.1, -0.05) is 90.0 Å². The van der Waals surface area contributed by atoms with Gasteiger partial charge in [0, 0.05) is 17.2 Å². The Labute approximate surface area is 366 Å². The maximum atomic E-state index is 13.6. The van der Waals surface area contributed by atoms with Crippen LogP contribution in [-0.4, -0.2) is 37.5 Å². The largest absolute Gasteiger partial charge is 1.00 e. The van der Waals surface area contributed by atoms with Crippen LogP contribution >= 0.6 is 12.0 Å². The number of nitrogens with zero attached hydrogens (tertiary/aromatic N) is 2. The average molecular weight is 869 g/mol. The summed E-state index contributed by atoms with van der Waals surface area (Å²) in [6.07, 6.45) is 16.1. The Morgan fingerprint density at radius 2 is 1.45 bits per heavy atom. The molecule has 0 atom stereocenters. The molecule has 0 aromatic heterocycles. The van der Waals surface area contributed by atoms with Crippen LogP contribution in [0.3, 0.4) is 0 Å². The number of aromatic hydroxyl groups is 2. The molecule has 19 heteroatoms. The molecule has 0 aliphatic rings. The summed E-state index contributed by atoms with van der Waals surface area (Å²) in [7, 11) is -9.26. The minimum Gasteiger partial charge on any atom is -0.691 e. The molecule has 0 saturated carbocycles. The van der Waals surface area contributed by atoms with Crippen LogP contribution in [-0.2, 0) is 40.7 Å². The number of phenolic OH excluding ortho intramolecular Hbond substituents is 2. The number of rotatable bonds is 24. The minimum absolute atomic E-state index is 0. The first-order valence-electron chi connectivity index (χ1n) is 18.8. The molecule has 0 unspecified atom stereocenters. The first kappa shape index (κ1) is 49.1. The zero-order valence-electron chi connectivity index (χ0n) is 32.9. The van der Waals surface area contributed by atoms with E-state index in [0.29, 0.717) is 29.7 Å². The molecule has 4 aromatic rings. The van der Waals surface area contributed by atoms with Crippen LogP contribution in [0.1, 0.15) is 103 Å². The van der Waals surface area contributed by atoms with Crippen molar-refractivity contribution in [2.24, 2.45) is 10.2 Å². The Kier molecular flexibility index (Phi) is 20.4. The number of fused-ring (bicyclic) bond motifs is 1. The van der Waals surface area contributed by atoms with Crippen molar-refractivity contribution in [2.45, 2.75) is 118 Å². The molecular formula is C39H49N4NaO11S3. The zero-order chi connectivity index (χ0) is 41.4. The van der Waals surface area contributed by atoms with Gasteiger partial charge in [0.2, 0.25) is 5.91 Å². The van der Waals surface area contributed by atoms with E-state index >= 15 is 0 Å². The summed E-state index contributed by atoms with van der Waals surface area (Å²) in [6.45, 7) is 3.41. The van der Waals surface area contributed by atoms with Gasteiger partial charge in [-0.15, -0.1) is 5.11 Å². The Bertz CT molecular complexity index is 2240. The van der Waals surface area contributed by atoms with E-state index in [2.05, 4.69) is 36.6 Å². The summed E-state index contributed by atoms with van der Waals surface area (Å²) < 4.78 is 69.1. The number of carbonyl (C=O) groups excluding carboxylic acids is 1. The van der Waals surface area contributed by atoms with Gasteiger partial charge in [0.15, 0.2) is 5.75 Å². The number of hydrogen-bond donors (Lipinski definition) is 5. The Morgan fingerprint density at radius 3 is 2.05 bits per heavy atom. The van der Waals surface area contributed by atoms with E-state index in [0.717, 1.165) is 31.7 Å². The van der Waals surface area contributed by atoms with Crippen molar-refractivity contribution in [1.29, 1.82) is 0 Å². The number of carbonyl (C=O) groups is 1. The molecule has 0 saturated heterocycles. The van der Waals surface area contributed by atoms with E-state index < -0.39 is 42.4 Å². The number of hydrogen-bond acceptors (Lipinski definition) is 13. The number of benzene rings is 4. The van der Waals surface area contributed by atoms with Gasteiger partial charge in [-0.2, -0.15) is 17.9 Å². The standard InChI is InChI=1S/C39H50N4O11S3.Na/c1-3-4-5-6-7-8-9-10-11-12-13-14-15-17-28-22-31(45)20-21-34(28)43-56(48,49)33-19-16-18-30(25-33)41-42-38-36(57(50,51)52)24-29-23-32(55-54-53-47)26-35(40-27(2)44)37(29)39(38)46;/h16,18-26,43,45-47H,3-15,17H2,1-2H3,(H,40,44)(H,50,51,52);/q;+1/p-1. The van der Waals surface area contributed by atoms with E-state index in [9.17, 15) is 41.7 Å². The van der Waals surface area contributed by atoms with Crippen LogP contribution in [0.25, 0.3) is 10.8 Å². The molecule has 4 aromatic carbocycles.